The molecule has 1 amide bonds. The van der Waals surface area contributed by atoms with E-state index in [2.05, 4.69) is 0 Å². The number of hydrogen-bond acceptors (Lipinski definition) is 4. The number of thioether (sulfide) groups is 1. The molecule has 2 aromatic rings. The number of hydrogen-bond donors (Lipinski definition) is 0. The molecule has 0 spiro atoms. The van der Waals surface area contributed by atoms with Gasteiger partial charge in [0.15, 0.2) is 0 Å². The summed E-state index contributed by atoms with van der Waals surface area (Å²) in [5.74, 6) is -0.202. The lowest BCUT2D eigenvalue weighted by Crippen LogP contribution is -2.28. The first-order valence-electron chi connectivity index (χ1n) is 8.08. The topological polar surface area (TPSA) is 57.7 Å². The van der Waals surface area contributed by atoms with Gasteiger partial charge in [0.05, 0.1) is 4.90 Å². The number of aryl methyl sites for hydroxylation is 1. The van der Waals surface area contributed by atoms with Crippen LogP contribution in [0.5, 0.6) is 0 Å². The molecule has 0 saturated carbocycles. The Balaban J connectivity index is 2.27. The fourth-order valence-corrected chi connectivity index (χ4v) is 3.82. The van der Waals surface area contributed by atoms with Gasteiger partial charge in [0.25, 0.3) is 5.91 Å². The maximum Gasteiger partial charge on any atom is 0.254 e. The Labute approximate surface area is 160 Å². The minimum atomic E-state index is -3.58. The summed E-state index contributed by atoms with van der Waals surface area (Å²) >= 11 is 1.67. The first kappa shape index (κ1) is 20.5. The van der Waals surface area contributed by atoms with Crippen molar-refractivity contribution in [2.45, 2.75) is 23.3 Å². The van der Waals surface area contributed by atoms with Gasteiger partial charge >= 0.3 is 0 Å². The minimum Gasteiger partial charge on any atom is -0.337 e. The number of sulfonamides is 1. The van der Waals surface area contributed by atoms with Crippen LogP contribution in [0, 0.1) is 6.92 Å². The number of nitrogens with zero attached hydrogens (tertiary/aromatic N) is 2. The highest BCUT2D eigenvalue weighted by Crippen LogP contribution is 2.20. The van der Waals surface area contributed by atoms with Crippen molar-refractivity contribution in [3.05, 3.63) is 59.2 Å². The average molecular weight is 393 g/mol. The van der Waals surface area contributed by atoms with Gasteiger partial charge in [-0.1, -0.05) is 18.2 Å². The van der Waals surface area contributed by atoms with E-state index in [4.69, 9.17) is 0 Å². The number of carbonyl (C=O) groups excluding carboxylic acids is 1. The Morgan fingerprint density at radius 2 is 1.65 bits per heavy atom. The van der Waals surface area contributed by atoms with Crippen LogP contribution in [0.4, 0.5) is 0 Å². The van der Waals surface area contributed by atoms with E-state index in [1.54, 1.807) is 36.7 Å². The van der Waals surface area contributed by atoms with E-state index >= 15 is 0 Å². The van der Waals surface area contributed by atoms with E-state index in [-0.39, 0.29) is 10.8 Å². The summed E-state index contributed by atoms with van der Waals surface area (Å²) in [5, 5.41) is 0. The molecule has 5 nitrogen and oxygen atoms in total. The lowest BCUT2D eigenvalue weighted by molar-refractivity contribution is 0.0784. The molecule has 0 atom stereocenters. The molecule has 7 heteroatoms. The zero-order chi connectivity index (χ0) is 19.5. The predicted molar refractivity (Wildman–Crippen MR) is 106 cm³/mol. The normalized spacial score (nSPS) is 11.6. The molecule has 140 valence electrons. The standard InChI is InChI=1S/C19H24N2O3S2/c1-14-6-11-17(26(23,24)20(2)3)12-18(14)19(22)21(4)13-15-7-9-16(25-5)10-8-15/h6-12H,13H2,1-5H3. The molecule has 0 bridgehead atoms. The first-order chi connectivity index (χ1) is 12.2. The van der Waals surface area contributed by atoms with E-state index in [9.17, 15) is 13.2 Å². The number of amides is 1. The van der Waals surface area contributed by atoms with Gasteiger partial charge in [-0.25, -0.2) is 12.7 Å². The SMILES string of the molecule is CSc1ccc(CN(C)C(=O)c2cc(S(=O)(=O)N(C)C)ccc2C)cc1. The Hall–Kier alpha value is -1.83. The Bertz CT molecular complexity index is 892. The van der Waals surface area contributed by atoms with Gasteiger partial charge < -0.3 is 4.90 Å². The van der Waals surface area contributed by atoms with Crippen LogP contribution in [0.1, 0.15) is 21.5 Å². The second-order valence-electron chi connectivity index (χ2n) is 6.27. The molecule has 2 rings (SSSR count). The predicted octanol–water partition coefficient (Wildman–Crippen LogP) is 3.24. The van der Waals surface area contributed by atoms with Crippen LogP contribution in [-0.4, -0.2) is 50.9 Å². The third-order valence-electron chi connectivity index (χ3n) is 4.14. The van der Waals surface area contributed by atoms with Crippen molar-refractivity contribution in [2.75, 3.05) is 27.4 Å². The molecule has 0 saturated heterocycles. The van der Waals surface area contributed by atoms with Crippen LogP contribution in [0.25, 0.3) is 0 Å². The molecule has 0 aliphatic heterocycles. The maximum absolute atomic E-state index is 12.9. The Kier molecular flexibility index (Phi) is 6.49. The molecule has 0 aliphatic rings. The molecule has 0 aromatic heterocycles. The first-order valence-corrected chi connectivity index (χ1v) is 10.7. The monoisotopic (exact) mass is 392 g/mol. The van der Waals surface area contributed by atoms with E-state index < -0.39 is 10.0 Å². The quantitative estimate of drug-likeness (QED) is 0.708. The Morgan fingerprint density at radius 3 is 2.19 bits per heavy atom. The molecule has 0 radical (unpaired) electrons. The Morgan fingerprint density at radius 1 is 1.04 bits per heavy atom. The number of rotatable bonds is 6. The largest absolute Gasteiger partial charge is 0.337 e. The van der Waals surface area contributed by atoms with Gasteiger partial charge in [0, 0.05) is 38.1 Å². The molecular formula is C19H24N2O3S2. The van der Waals surface area contributed by atoms with Crippen molar-refractivity contribution in [3.63, 3.8) is 0 Å². The third-order valence-corrected chi connectivity index (χ3v) is 6.70. The van der Waals surface area contributed by atoms with Crippen molar-refractivity contribution >= 4 is 27.7 Å². The van der Waals surface area contributed by atoms with Gasteiger partial charge in [-0.3, -0.25) is 4.79 Å². The maximum atomic E-state index is 12.9. The molecule has 0 fully saturated rings. The van der Waals surface area contributed by atoms with E-state index in [0.29, 0.717) is 12.1 Å². The fraction of sp³-hybridized carbons (Fsp3) is 0.316. The van der Waals surface area contributed by atoms with Crippen molar-refractivity contribution < 1.29 is 13.2 Å². The van der Waals surface area contributed by atoms with E-state index in [0.717, 1.165) is 15.4 Å². The van der Waals surface area contributed by atoms with Crippen LogP contribution < -0.4 is 0 Å². The lowest BCUT2D eigenvalue weighted by atomic mass is 10.1. The van der Waals surface area contributed by atoms with Crippen LogP contribution >= 0.6 is 11.8 Å². The zero-order valence-corrected chi connectivity index (χ0v) is 17.3. The highest BCUT2D eigenvalue weighted by atomic mass is 32.2. The van der Waals surface area contributed by atoms with Gasteiger partial charge in [-0.05, 0) is 48.6 Å². The molecule has 0 unspecified atom stereocenters. The fourth-order valence-electron chi connectivity index (χ4n) is 2.49. The summed E-state index contributed by atoms with van der Waals surface area (Å²) in [6, 6.07) is 12.7. The summed E-state index contributed by atoms with van der Waals surface area (Å²) in [7, 11) is 1.08. The summed E-state index contributed by atoms with van der Waals surface area (Å²) in [6.45, 7) is 2.26. The lowest BCUT2D eigenvalue weighted by Gasteiger charge is -2.20. The number of benzene rings is 2. The second kappa shape index (κ2) is 8.24. The van der Waals surface area contributed by atoms with Crippen LogP contribution in [0.15, 0.2) is 52.3 Å². The molecule has 0 aliphatic carbocycles. The molecule has 2 aromatic carbocycles. The average Bonchev–Trinajstić information content (AvgIpc) is 2.61. The highest BCUT2D eigenvalue weighted by Gasteiger charge is 2.21. The summed E-state index contributed by atoms with van der Waals surface area (Å²) in [4.78, 5) is 15.7. The third kappa shape index (κ3) is 4.47. The highest BCUT2D eigenvalue weighted by molar-refractivity contribution is 7.98. The van der Waals surface area contributed by atoms with Gasteiger partial charge in [0.2, 0.25) is 10.0 Å². The summed E-state index contributed by atoms with van der Waals surface area (Å²) in [5.41, 5.74) is 2.17. The second-order valence-corrected chi connectivity index (χ2v) is 9.30. The number of carbonyl (C=O) groups is 1. The van der Waals surface area contributed by atoms with E-state index in [1.807, 2.05) is 30.5 Å². The molecule has 0 N–H and O–H groups in total. The van der Waals surface area contributed by atoms with Gasteiger partial charge in [-0.2, -0.15) is 0 Å². The molecule has 26 heavy (non-hydrogen) atoms. The van der Waals surface area contributed by atoms with Crippen LogP contribution in [-0.2, 0) is 16.6 Å². The molecular weight excluding hydrogens is 368 g/mol. The van der Waals surface area contributed by atoms with Crippen molar-refractivity contribution in [1.29, 1.82) is 0 Å². The van der Waals surface area contributed by atoms with Crippen molar-refractivity contribution in [3.8, 4) is 0 Å². The van der Waals surface area contributed by atoms with Crippen molar-refractivity contribution in [1.82, 2.24) is 9.21 Å². The van der Waals surface area contributed by atoms with Gasteiger partial charge in [-0.15, -0.1) is 11.8 Å². The molecule has 0 heterocycles. The minimum absolute atomic E-state index is 0.120. The zero-order valence-electron chi connectivity index (χ0n) is 15.7. The summed E-state index contributed by atoms with van der Waals surface area (Å²) in [6.07, 6.45) is 2.02. The summed E-state index contributed by atoms with van der Waals surface area (Å²) < 4.78 is 25.8. The van der Waals surface area contributed by atoms with E-state index in [1.165, 1.54) is 31.1 Å². The van der Waals surface area contributed by atoms with Gasteiger partial charge in [0.1, 0.15) is 0 Å². The van der Waals surface area contributed by atoms with Crippen LogP contribution in [0.3, 0.4) is 0 Å². The smallest absolute Gasteiger partial charge is 0.254 e. The van der Waals surface area contributed by atoms with Crippen LogP contribution in [0.2, 0.25) is 0 Å². The van der Waals surface area contributed by atoms with Crippen molar-refractivity contribution in [2.24, 2.45) is 0 Å².